The Kier molecular flexibility index (Phi) is 4.77. The molecule has 6 nitrogen and oxygen atoms in total. The molecule has 2 heterocycles. The number of nitrogens with zero attached hydrogens (tertiary/aromatic N) is 2. The summed E-state index contributed by atoms with van der Waals surface area (Å²) < 4.78 is 12.1. The van der Waals surface area contributed by atoms with E-state index in [0.29, 0.717) is 30.4 Å². The first-order valence-electron chi connectivity index (χ1n) is 7.61. The van der Waals surface area contributed by atoms with Gasteiger partial charge in [0, 0.05) is 30.6 Å². The molecule has 24 heavy (non-hydrogen) atoms. The van der Waals surface area contributed by atoms with E-state index in [0.717, 1.165) is 10.9 Å². The summed E-state index contributed by atoms with van der Waals surface area (Å²) in [6.45, 7) is 1.14. The van der Waals surface area contributed by atoms with Gasteiger partial charge in [-0.3, -0.25) is 4.79 Å². The van der Waals surface area contributed by atoms with E-state index < -0.39 is 0 Å². The van der Waals surface area contributed by atoms with Gasteiger partial charge in [0.05, 0.1) is 25.6 Å². The molecule has 3 rings (SSSR count). The zero-order valence-corrected chi connectivity index (χ0v) is 13.7. The third-order valence-electron chi connectivity index (χ3n) is 3.77. The number of rotatable bonds is 6. The van der Waals surface area contributed by atoms with Crippen LogP contribution >= 0.6 is 0 Å². The van der Waals surface area contributed by atoms with Crippen molar-refractivity contribution in [1.29, 1.82) is 0 Å². The van der Waals surface area contributed by atoms with Crippen LogP contribution < -0.4 is 10.1 Å². The minimum absolute atomic E-state index is 0.186. The molecule has 2 aromatic heterocycles. The van der Waals surface area contributed by atoms with Crippen molar-refractivity contribution < 1.29 is 14.3 Å². The highest BCUT2D eigenvalue weighted by atomic mass is 16.5. The predicted molar refractivity (Wildman–Crippen MR) is 92.6 cm³/mol. The first-order valence-corrected chi connectivity index (χ1v) is 7.61. The number of methoxy groups -OCH3 is 2. The third-order valence-corrected chi connectivity index (χ3v) is 3.77. The molecule has 1 aromatic carbocycles. The van der Waals surface area contributed by atoms with Crippen molar-refractivity contribution in [3.05, 3.63) is 54.4 Å². The lowest BCUT2D eigenvalue weighted by molar-refractivity contribution is 0.101. The number of carbonyl (C=O) groups excluding carboxylic acids is 1. The van der Waals surface area contributed by atoms with Gasteiger partial charge in [-0.25, -0.2) is 4.98 Å². The van der Waals surface area contributed by atoms with E-state index in [1.165, 1.54) is 0 Å². The van der Waals surface area contributed by atoms with Gasteiger partial charge in [-0.05, 0) is 18.2 Å². The van der Waals surface area contributed by atoms with E-state index in [4.69, 9.17) is 9.47 Å². The Hall–Kier alpha value is -2.86. The van der Waals surface area contributed by atoms with Gasteiger partial charge >= 0.3 is 0 Å². The molecule has 0 saturated carbocycles. The molecule has 0 radical (unpaired) electrons. The van der Waals surface area contributed by atoms with Gasteiger partial charge in [0.15, 0.2) is 0 Å². The van der Waals surface area contributed by atoms with Crippen LogP contribution in [0.5, 0.6) is 5.88 Å². The second-order valence-electron chi connectivity index (χ2n) is 5.28. The van der Waals surface area contributed by atoms with Gasteiger partial charge in [-0.1, -0.05) is 18.2 Å². The van der Waals surface area contributed by atoms with Gasteiger partial charge in [-0.2, -0.15) is 0 Å². The maximum Gasteiger partial charge on any atom is 0.272 e. The lowest BCUT2D eigenvalue weighted by Crippen LogP contribution is -2.18. The zero-order chi connectivity index (χ0) is 16.9. The normalized spacial score (nSPS) is 10.8. The van der Waals surface area contributed by atoms with E-state index in [1.807, 2.05) is 34.9 Å². The summed E-state index contributed by atoms with van der Waals surface area (Å²) in [7, 11) is 3.20. The van der Waals surface area contributed by atoms with Crippen LogP contribution in [0.1, 0.15) is 10.5 Å². The molecule has 0 aliphatic heterocycles. The van der Waals surface area contributed by atoms with Crippen molar-refractivity contribution in [2.45, 2.75) is 6.54 Å². The molecule has 0 saturated heterocycles. The maximum absolute atomic E-state index is 12.7. The van der Waals surface area contributed by atoms with Crippen LogP contribution in [0.4, 0.5) is 5.69 Å². The largest absolute Gasteiger partial charge is 0.481 e. The average molecular weight is 325 g/mol. The van der Waals surface area contributed by atoms with Gasteiger partial charge in [-0.15, -0.1) is 0 Å². The highest BCUT2D eigenvalue weighted by Gasteiger charge is 2.15. The molecule has 0 atom stereocenters. The number of fused-ring (bicyclic) bond motifs is 1. The summed E-state index contributed by atoms with van der Waals surface area (Å²) in [6.07, 6.45) is 1.57. The number of hydrogen-bond acceptors (Lipinski definition) is 4. The van der Waals surface area contributed by atoms with Crippen LogP contribution in [0.25, 0.3) is 10.9 Å². The van der Waals surface area contributed by atoms with Crippen molar-refractivity contribution in [2.24, 2.45) is 0 Å². The summed E-state index contributed by atoms with van der Waals surface area (Å²) in [6, 6.07) is 13.2. The first-order chi connectivity index (χ1) is 11.7. The molecule has 0 unspecified atom stereocenters. The number of benzene rings is 1. The summed E-state index contributed by atoms with van der Waals surface area (Å²) in [4.78, 5) is 16.8. The van der Waals surface area contributed by atoms with Crippen LogP contribution in [0.15, 0.2) is 48.7 Å². The Bertz CT molecular complexity index is 840. The quantitative estimate of drug-likeness (QED) is 0.757. The van der Waals surface area contributed by atoms with Crippen molar-refractivity contribution in [3.63, 3.8) is 0 Å². The molecule has 124 valence electrons. The van der Waals surface area contributed by atoms with E-state index in [2.05, 4.69) is 10.3 Å². The Labute approximate surface area is 140 Å². The summed E-state index contributed by atoms with van der Waals surface area (Å²) in [5.74, 6) is 0.316. The molecule has 0 spiro atoms. The third kappa shape index (κ3) is 3.23. The fraction of sp³-hybridized carbons (Fsp3) is 0.222. The Morgan fingerprint density at radius 3 is 2.75 bits per heavy atom. The Morgan fingerprint density at radius 1 is 1.21 bits per heavy atom. The smallest absolute Gasteiger partial charge is 0.272 e. The molecular weight excluding hydrogens is 306 g/mol. The molecule has 0 aliphatic carbocycles. The number of pyridine rings is 1. The van der Waals surface area contributed by atoms with E-state index in [-0.39, 0.29) is 5.91 Å². The van der Waals surface area contributed by atoms with E-state index in [1.54, 1.807) is 32.5 Å². The number of ether oxygens (including phenoxy) is 2. The van der Waals surface area contributed by atoms with Gasteiger partial charge in [0.1, 0.15) is 5.69 Å². The van der Waals surface area contributed by atoms with Gasteiger partial charge < -0.3 is 19.4 Å². The number of anilines is 1. The number of hydrogen-bond donors (Lipinski definition) is 1. The first kappa shape index (κ1) is 16.0. The van der Waals surface area contributed by atoms with Gasteiger partial charge in [0.25, 0.3) is 5.91 Å². The van der Waals surface area contributed by atoms with E-state index in [9.17, 15) is 4.79 Å². The topological polar surface area (TPSA) is 65.4 Å². The van der Waals surface area contributed by atoms with Crippen LogP contribution in [0.2, 0.25) is 0 Å². The summed E-state index contributed by atoms with van der Waals surface area (Å²) >= 11 is 0. The van der Waals surface area contributed by atoms with Crippen molar-refractivity contribution >= 4 is 22.5 Å². The molecule has 1 N–H and O–H groups in total. The van der Waals surface area contributed by atoms with Crippen molar-refractivity contribution in [2.75, 3.05) is 26.1 Å². The van der Waals surface area contributed by atoms with Crippen LogP contribution in [-0.2, 0) is 11.3 Å². The molecule has 0 bridgehead atoms. The molecular formula is C18H19N3O3. The second kappa shape index (κ2) is 7.14. The molecule has 6 heteroatoms. The molecule has 0 aliphatic rings. The van der Waals surface area contributed by atoms with Gasteiger partial charge in [0.2, 0.25) is 5.88 Å². The van der Waals surface area contributed by atoms with Crippen LogP contribution in [-0.4, -0.2) is 36.3 Å². The number of aromatic nitrogens is 2. The molecule has 1 amide bonds. The van der Waals surface area contributed by atoms with E-state index >= 15 is 0 Å². The highest BCUT2D eigenvalue weighted by molar-refractivity contribution is 6.06. The fourth-order valence-corrected chi connectivity index (χ4v) is 2.59. The van der Waals surface area contributed by atoms with Crippen molar-refractivity contribution in [1.82, 2.24) is 9.55 Å². The Morgan fingerprint density at radius 2 is 2.04 bits per heavy atom. The lowest BCUT2D eigenvalue weighted by Gasteiger charge is -2.11. The zero-order valence-electron chi connectivity index (χ0n) is 13.7. The number of nitrogens with one attached hydrogen (secondary N) is 1. The number of carbonyl (C=O) groups is 1. The Balaban J connectivity index is 1.90. The second-order valence-corrected chi connectivity index (χ2v) is 5.28. The maximum atomic E-state index is 12.7. The predicted octanol–water partition coefficient (Wildman–Crippen LogP) is 2.94. The van der Waals surface area contributed by atoms with Crippen molar-refractivity contribution in [3.8, 4) is 5.88 Å². The SMILES string of the molecule is COCCn1c(C(=O)Nc2ccc(OC)nc2)cc2ccccc21. The highest BCUT2D eigenvalue weighted by Crippen LogP contribution is 2.21. The molecule has 3 aromatic rings. The lowest BCUT2D eigenvalue weighted by atomic mass is 10.2. The number of amides is 1. The molecule has 0 fully saturated rings. The standard InChI is InChI=1S/C18H19N3O3/c1-23-10-9-21-15-6-4-3-5-13(15)11-16(21)18(22)20-14-7-8-17(24-2)19-12-14/h3-8,11-12H,9-10H2,1-2H3,(H,20,22). The minimum Gasteiger partial charge on any atom is -0.481 e. The van der Waals surface area contributed by atoms with Crippen LogP contribution in [0, 0.1) is 0 Å². The summed E-state index contributed by atoms with van der Waals surface area (Å²) in [5, 5.41) is 3.89. The number of para-hydroxylation sites is 1. The monoisotopic (exact) mass is 325 g/mol. The minimum atomic E-state index is -0.186. The summed E-state index contributed by atoms with van der Waals surface area (Å²) in [5.41, 5.74) is 2.21. The van der Waals surface area contributed by atoms with Crippen LogP contribution in [0.3, 0.4) is 0 Å². The average Bonchev–Trinajstić information content (AvgIpc) is 2.99. The fourth-order valence-electron chi connectivity index (χ4n) is 2.59.